The van der Waals surface area contributed by atoms with Gasteiger partial charge in [0, 0.05) is 46.9 Å². The molecule has 2 aliphatic rings. The maximum absolute atomic E-state index is 11.9. The van der Waals surface area contributed by atoms with Gasteiger partial charge in [0.1, 0.15) is 6.54 Å². The second-order valence-electron chi connectivity index (χ2n) is 8.44. The van der Waals surface area contributed by atoms with Crippen LogP contribution in [-0.4, -0.2) is 101 Å². The fraction of sp³-hybridized carbons (Fsp3) is 0.909. The van der Waals surface area contributed by atoms with Crippen molar-refractivity contribution < 1.29 is 14.3 Å². The highest BCUT2D eigenvalue weighted by molar-refractivity contribution is 5.84. The quantitative estimate of drug-likeness (QED) is 0.279. The SMILES string of the molecule is CCOC(CCNC(=NCC(=O)N(C)C)NCCCN1CCOCC1)C1CCCC1. The lowest BCUT2D eigenvalue weighted by Gasteiger charge is -2.26. The zero-order valence-electron chi connectivity index (χ0n) is 19.3. The van der Waals surface area contributed by atoms with E-state index in [1.54, 1.807) is 19.0 Å². The van der Waals surface area contributed by atoms with E-state index < -0.39 is 0 Å². The van der Waals surface area contributed by atoms with Crippen molar-refractivity contribution in [3.05, 3.63) is 0 Å². The molecule has 0 aromatic rings. The average molecular weight is 426 g/mol. The summed E-state index contributed by atoms with van der Waals surface area (Å²) in [6.07, 6.45) is 7.53. The van der Waals surface area contributed by atoms with E-state index >= 15 is 0 Å². The molecule has 0 bridgehead atoms. The van der Waals surface area contributed by atoms with Gasteiger partial charge in [0.05, 0.1) is 19.3 Å². The van der Waals surface area contributed by atoms with Gasteiger partial charge in [-0.3, -0.25) is 9.69 Å². The molecule has 2 N–H and O–H groups in total. The van der Waals surface area contributed by atoms with E-state index in [-0.39, 0.29) is 12.5 Å². The van der Waals surface area contributed by atoms with E-state index in [0.717, 1.165) is 65.4 Å². The second kappa shape index (κ2) is 14.6. The van der Waals surface area contributed by atoms with Crippen LogP contribution >= 0.6 is 0 Å². The van der Waals surface area contributed by atoms with Gasteiger partial charge in [0.15, 0.2) is 5.96 Å². The van der Waals surface area contributed by atoms with Crippen LogP contribution in [0.1, 0.15) is 45.4 Å². The maximum Gasteiger partial charge on any atom is 0.243 e. The average Bonchev–Trinajstić information content (AvgIpc) is 3.29. The van der Waals surface area contributed by atoms with E-state index in [0.29, 0.717) is 18.0 Å². The molecule has 1 amide bonds. The van der Waals surface area contributed by atoms with Crippen molar-refractivity contribution in [2.45, 2.75) is 51.6 Å². The lowest BCUT2D eigenvalue weighted by Crippen LogP contribution is -2.42. The summed E-state index contributed by atoms with van der Waals surface area (Å²) in [5, 5.41) is 6.82. The molecule has 1 saturated heterocycles. The van der Waals surface area contributed by atoms with Crippen LogP contribution in [0.4, 0.5) is 0 Å². The van der Waals surface area contributed by atoms with Crippen molar-refractivity contribution in [2.24, 2.45) is 10.9 Å². The van der Waals surface area contributed by atoms with Gasteiger partial charge in [-0.2, -0.15) is 0 Å². The fourth-order valence-electron chi connectivity index (χ4n) is 4.13. The number of guanidine groups is 1. The van der Waals surface area contributed by atoms with E-state index in [4.69, 9.17) is 9.47 Å². The number of nitrogens with one attached hydrogen (secondary N) is 2. The highest BCUT2D eigenvalue weighted by atomic mass is 16.5. The molecule has 8 heteroatoms. The number of rotatable bonds is 12. The third-order valence-electron chi connectivity index (χ3n) is 5.95. The number of nitrogens with zero attached hydrogens (tertiary/aromatic N) is 3. The summed E-state index contributed by atoms with van der Waals surface area (Å²) in [7, 11) is 3.52. The standard InChI is InChI=1S/C22H43N5O3/c1-4-30-20(19-8-5-6-9-19)10-12-24-22(25-18-21(28)26(2)3)23-11-7-13-27-14-16-29-17-15-27/h19-20H,4-18H2,1-3H3,(H2,23,24,25). The summed E-state index contributed by atoms with van der Waals surface area (Å²) >= 11 is 0. The van der Waals surface area contributed by atoms with E-state index in [1.807, 2.05) is 0 Å². The predicted octanol–water partition coefficient (Wildman–Crippen LogP) is 1.32. The summed E-state index contributed by atoms with van der Waals surface area (Å²) in [6.45, 7) is 9.35. The van der Waals surface area contributed by atoms with Gasteiger partial charge < -0.3 is 25.0 Å². The molecule has 1 unspecified atom stereocenters. The molecule has 1 heterocycles. The van der Waals surface area contributed by atoms with Crippen molar-refractivity contribution in [3.8, 4) is 0 Å². The minimum atomic E-state index is 0.00238. The Balaban J connectivity index is 1.77. The monoisotopic (exact) mass is 425 g/mol. The number of amides is 1. The summed E-state index contributed by atoms with van der Waals surface area (Å²) in [6, 6.07) is 0. The van der Waals surface area contributed by atoms with Crippen molar-refractivity contribution in [3.63, 3.8) is 0 Å². The number of hydrogen-bond acceptors (Lipinski definition) is 5. The Labute approximate surface area is 182 Å². The Morgan fingerprint density at radius 3 is 2.57 bits per heavy atom. The largest absolute Gasteiger partial charge is 0.379 e. The summed E-state index contributed by atoms with van der Waals surface area (Å²) < 4.78 is 11.4. The first-order chi connectivity index (χ1) is 14.6. The van der Waals surface area contributed by atoms with Gasteiger partial charge in [-0.15, -0.1) is 0 Å². The van der Waals surface area contributed by atoms with Crippen LogP contribution < -0.4 is 10.6 Å². The van der Waals surface area contributed by atoms with Crippen molar-refractivity contribution in [1.82, 2.24) is 20.4 Å². The molecule has 30 heavy (non-hydrogen) atoms. The van der Waals surface area contributed by atoms with Gasteiger partial charge in [-0.1, -0.05) is 12.8 Å². The molecule has 2 fully saturated rings. The molecule has 0 aromatic carbocycles. The number of hydrogen-bond donors (Lipinski definition) is 2. The molecule has 1 aliphatic heterocycles. The van der Waals surface area contributed by atoms with Crippen LogP contribution in [0, 0.1) is 5.92 Å². The molecule has 0 spiro atoms. The normalized spacial score (nSPS) is 19.6. The maximum atomic E-state index is 11.9. The molecule has 1 aliphatic carbocycles. The van der Waals surface area contributed by atoms with Crippen LogP contribution in [0.2, 0.25) is 0 Å². The highest BCUT2D eigenvalue weighted by Crippen LogP contribution is 2.30. The minimum absolute atomic E-state index is 0.00238. The predicted molar refractivity (Wildman–Crippen MR) is 121 cm³/mol. The zero-order valence-corrected chi connectivity index (χ0v) is 19.3. The minimum Gasteiger partial charge on any atom is -0.379 e. The number of ether oxygens (including phenoxy) is 2. The third kappa shape index (κ3) is 9.62. The summed E-state index contributed by atoms with van der Waals surface area (Å²) in [5.41, 5.74) is 0. The van der Waals surface area contributed by atoms with Gasteiger partial charge in [0.25, 0.3) is 0 Å². The molecule has 8 nitrogen and oxygen atoms in total. The first-order valence-corrected chi connectivity index (χ1v) is 11.7. The van der Waals surface area contributed by atoms with Gasteiger partial charge in [0.2, 0.25) is 5.91 Å². The van der Waals surface area contributed by atoms with E-state index in [9.17, 15) is 4.79 Å². The number of likely N-dealkylation sites (N-methyl/N-ethyl adjacent to an activating group) is 1. The van der Waals surface area contributed by atoms with Crippen LogP contribution in [0.3, 0.4) is 0 Å². The first kappa shape index (κ1) is 24.9. The summed E-state index contributed by atoms with van der Waals surface area (Å²) in [4.78, 5) is 20.5. The second-order valence-corrected chi connectivity index (χ2v) is 8.44. The lowest BCUT2D eigenvalue weighted by atomic mass is 9.98. The Bertz CT molecular complexity index is 503. The Morgan fingerprint density at radius 1 is 1.20 bits per heavy atom. The van der Waals surface area contributed by atoms with Gasteiger partial charge >= 0.3 is 0 Å². The van der Waals surface area contributed by atoms with Crippen LogP contribution in [0.15, 0.2) is 4.99 Å². The van der Waals surface area contributed by atoms with Crippen molar-refractivity contribution in [1.29, 1.82) is 0 Å². The Kier molecular flexibility index (Phi) is 12.1. The Morgan fingerprint density at radius 2 is 1.90 bits per heavy atom. The molecular weight excluding hydrogens is 382 g/mol. The molecule has 2 rings (SSSR count). The zero-order chi connectivity index (χ0) is 21.6. The van der Waals surface area contributed by atoms with Gasteiger partial charge in [-0.05, 0) is 45.1 Å². The van der Waals surface area contributed by atoms with Crippen LogP contribution in [0.5, 0.6) is 0 Å². The number of carbonyl (C=O) groups excluding carboxylic acids is 1. The highest BCUT2D eigenvalue weighted by Gasteiger charge is 2.25. The van der Waals surface area contributed by atoms with Crippen molar-refractivity contribution in [2.75, 3.05) is 73.2 Å². The van der Waals surface area contributed by atoms with Crippen LogP contribution in [0.25, 0.3) is 0 Å². The number of aliphatic imine (C=N–C) groups is 1. The number of carbonyl (C=O) groups is 1. The Hall–Kier alpha value is -1.38. The molecule has 1 atom stereocenters. The molecule has 174 valence electrons. The van der Waals surface area contributed by atoms with E-state index in [1.165, 1.54) is 25.7 Å². The lowest BCUT2D eigenvalue weighted by molar-refractivity contribution is -0.127. The fourth-order valence-corrected chi connectivity index (χ4v) is 4.13. The first-order valence-electron chi connectivity index (χ1n) is 11.7. The third-order valence-corrected chi connectivity index (χ3v) is 5.95. The molecule has 0 aromatic heterocycles. The van der Waals surface area contributed by atoms with Crippen LogP contribution in [-0.2, 0) is 14.3 Å². The number of morpholine rings is 1. The van der Waals surface area contributed by atoms with Crippen molar-refractivity contribution >= 4 is 11.9 Å². The van der Waals surface area contributed by atoms with E-state index in [2.05, 4.69) is 27.4 Å². The smallest absolute Gasteiger partial charge is 0.243 e. The molecular formula is C22H43N5O3. The van der Waals surface area contributed by atoms with Gasteiger partial charge in [-0.25, -0.2) is 4.99 Å². The molecule has 0 radical (unpaired) electrons. The molecule has 1 saturated carbocycles. The topological polar surface area (TPSA) is 78.4 Å². The summed E-state index contributed by atoms with van der Waals surface area (Å²) in [5.74, 6) is 1.40.